The van der Waals surface area contributed by atoms with Crippen LogP contribution in [0, 0.1) is 13.8 Å². The van der Waals surface area contributed by atoms with Crippen LogP contribution in [0.4, 0.5) is 0 Å². The minimum absolute atomic E-state index is 0.0743. The maximum atomic E-state index is 10.7. The molecule has 0 atom stereocenters. The highest BCUT2D eigenvalue weighted by Crippen LogP contribution is 2.43. The molecule has 37 heavy (non-hydrogen) atoms. The van der Waals surface area contributed by atoms with Crippen LogP contribution in [-0.2, 0) is 0 Å². The average Bonchev–Trinajstić information content (AvgIpc) is 2.88. The second-order valence-electron chi connectivity index (χ2n) is 9.38. The summed E-state index contributed by atoms with van der Waals surface area (Å²) in [5.74, 6) is 0.0838. The second kappa shape index (κ2) is 9.75. The molecule has 0 aromatic heterocycles. The van der Waals surface area contributed by atoms with Gasteiger partial charge in [-0.15, -0.1) is 0 Å². The summed E-state index contributed by atoms with van der Waals surface area (Å²) in [7, 11) is 0. The van der Waals surface area contributed by atoms with Gasteiger partial charge in [0.05, 0.1) is 0 Å². The summed E-state index contributed by atoms with van der Waals surface area (Å²) >= 11 is 0. The molecular formula is C33H28O4. The Bertz CT molecular complexity index is 1510. The number of phenolic OH excluding ortho intramolecular Hbond substituents is 4. The first-order valence-electron chi connectivity index (χ1n) is 12.1. The van der Waals surface area contributed by atoms with Gasteiger partial charge in [0.1, 0.15) is 23.0 Å². The van der Waals surface area contributed by atoms with Crippen molar-refractivity contribution < 1.29 is 20.4 Å². The second-order valence-corrected chi connectivity index (χ2v) is 9.38. The summed E-state index contributed by atoms with van der Waals surface area (Å²) in [5, 5.41) is 42.4. The summed E-state index contributed by atoms with van der Waals surface area (Å²) < 4.78 is 0. The molecule has 0 radical (unpaired) electrons. The normalized spacial score (nSPS) is 11.1. The van der Waals surface area contributed by atoms with Crippen molar-refractivity contribution in [3.05, 3.63) is 131 Å². The molecule has 0 aliphatic rings. The van der Waals surface area contributed by atoms with E-state index in [9.17, 15) is 20.4 Å². The van der Waals surface area contributed by atoms with E-state index in [1.54, 1.807) is 48.5 Å². The van der Waals surface area contributed by atoms with E-state index in [1.807, 2.05) is 36.4 Å². The lowest BCUT2D eigenvalue weighted by Gasteiger charge is -2.23. The minimum atomic E-state index is -0.240. The molecule has 0 bridgehead atoms. The maximum Gasteiger partial charge on any atom is 0.123 e. The first kappa shape index (κ1) is 24.0. The molecule has 5 rings (SSSR count). The topological polar surface area (TPSA) is 80.9 Å². The molecule has 0 saturated carbocycles. The first-order valence-corrected chi connectivity index (χ1v) is 12.1. The molecule has 0 fully saturated rings. The van der Waals surface area contributed by atoms with Gasteiger partial charge < -0.3 is 20.4 Å². The summed E-state index contributed by atoms with van der Waals surface area (Å²) in [6.07, 6.45) is 0. The quantitative estimate of drug-likeness (QED) is 0.192. The van der Waals surface area contributed by atoms with E-state index in [-0.39, 0.29) is 28.9 Å². The smallest absolute Gasteiger partial charge is 0.123 e. The van der Waals surface area contributed by atoms with Gasteiger partial charge >= 0.3 is 0 Å². The van der Waals surface area contributed by atoms with Crippen LogP contribution < -0.4 is 0 Å². The van der Waals surface area contributed by atoms with E-state index in [0.29, 0.717) is 22.3 Å². The lowest BCUT2D eigenvalue weighted by Crippen LogP contribution is -2.06. The monoisotopic (exact) mass is 488 g/mol. The van der Waals surface area contributed by atoms with Crippen molar-refractivity contribution in [1.82, 2.24) is 0 Å². The van der Waals surface area contributed by atoms with Gasteiger partial charge in [-0.3, -0.25) is 0 Å². The van der Waals surface area contributed by atoms with Crippen molar-refractivity contribution in [2.75, 3.05) is 0 Å². The Morgan fingerprint density at radius 3 is 1.38 bits per heavy atom. The molecule has 0 spiro atoms. The van der Waals surface area contributed by atoms with Gasteiger partial charge in [-0.2, -0.15) is 0 Å². The van der Waals surface area contributed by atoms with Gasteiger partial charge in [0, 0.05) is 28.2 Å². The number of phenols is 4. The van der Waals surface area contributed by atoms with Gasteiger partial charge in [-0.1, -0.05) is 72.3 Å². The van der Waals surface area contributed by atoms with E-state index in [2.05, 4.69) is 32.0 Å². The Kier molecular flexibility index (Phi) is 6.33. The summed E-state index contributed by atoms with van der Waals surface area (Å²) in [5.41, 5.74) is 7.32. The molecule has 0 aliphatic carbocycles. The molecule has 4 N–H and O–H groups in total. The van der Waals surface area contributed by atoms with Crippen LogP contribution in [0.25, 0.3) is 22.3 Å². The van der Waals surface area contributed by atoms with Crippen molar-refractivity contribution >= 4 is 0 Å². The number of hydrogen-bond donors (Lipinski definition) is 4. The van der Waals surface area contributed by atoms with Gasteiger partial charge in [-0.05, 0) is 72.5 Å². The Morgan fingerprint density at radius 2 is 0.919 bits per heavy atom. The predicted octanol–water partition coefficient (Wildman–Crippen LogP) is 7.64. The van der Waals surface area contributed by atoms with Crippen LogP contribution in [-0.4, -0.2) is 20.4 Å². The molecule has 0 aliphatic heterocycles. The molecule has 5 aromatic rings. The van der Waals surface area contributed by atoms with E-state index in [4.69, 9.17) is 0 Å². The van der Waals surface area contributed by atoms with E-state index >= 15 is 0 Å². The van der Waals surface area contributed by atoms with Crippen LogP contribution in [0.15, 0.2) is 103 Å². The lowest BCUT2D eigenvalue weighted by molar-refractivity contribution is 0.468. The highest BCUT2D eigenvalue weighted by Gasteiger charge is 2.23. The largest absolute Gasteiger partial charge is 0.507 e. The zero-order valence-corrected chi connectivity index (χ0v) is 20.7. The summed E-state index contributed by atoms with van der Waals surface area (Å²) in [4.78, 5) is 0. The standard InChI is InChI=1S/C33H28O4/c1-20-11-14-24(21(2)17-20)33(22-12-15-31(36)27(18-22)25-7-3-5-9-29(25)34)23-13-16-32(37)28(19-23)26-8-4-6-10-30(26)35/h3-19,33-37H,1-2H3. The van der Waals surface area contributed by atoms with Crippen molar-refractivity contribution in [2.24, 2.45) is 0 Å². The van der Waals surface area contributed by atoms with Crippen LogP contribution in [0.3, 0.4) is 0 Å². The third-order valence-corrected chi connectivity index (χ3v) is 6.83. The molecule has 0 amide bonds. The summed E-state index contributed by atoms with van der Waals surface area (Å²) in [6.45, 7) is 4.13. The predicted molar refractivity (Wildman–Crippen MR) is 147 cm³/mol. The lowest BCUT2D eigenvalue weighted by atomic mass is 9.80. The van der Waals surface area contributed by atoms with Crippen LogP contribution in [0.2, 0.25) is 0 Å². The zero-order chi connectivity index (χ0) is 26.1. The van der Waals surface area contributed by atoms with E-state index < -0.39 is 0 Å². The average molecular weight is 489 g/mol. The molecule has 0 unspecified atom stereocenters. The number of para-hydroxylation sites is 2. The number of aromatic hydroxyl groups is 4. The molecular weight excluding hydrogens is 460 g/mol. The molecule has 0 saturated heterocycles. The number of hydrogen-bond acceptors (Lipinski definition) is 4. The van der Waals surface area contributed by atoms with Crippen molar-refractivity contribution in [2.45, 2.75) is 19.8 Å². The minimum Gasteiger partial charge on any atom is -0.507 e. The molecule has 4 heteroatoms. The Hall–Kier alpha value is -4.70. The van der Waals surface area contributed by atoms with Gasteiger partial charge in [-0.25, -0.2) is 0 Å². The first-order chi connectivity index (χ1) is 17.8. The van der Waals surface area contributed by atoms with Gasteiger partial charge in [0.25, 0.3) is 0 Å². The molecule has 4 nitrogen and oxygen atoms in total. The van der Waals surface area contributed by atoms with Crippen molar-refractivity contribution in [1.29, 1.82) is 0 Å². The molecule has 5 aromatic carbocycles. The fourth-order valence-electron chi connectivity index (χ4n) is 5.00. The fraction of sp³-hybridized carbons (Fsp3) is 0.0909. The maximum absolute atomic E-state index is 10.7. The third kappa shape index (κ3) is 4.62. The van der Waals surface area contributed by atoms with Gasteiger partial charge in [0.2, 0.25) is 0 Å². The van der Waals surface area contributed by atoms with Crippen LogP contribution in [0.1, 0.15) is 33.7 Å². The Morgan fingerprint density at radius 1 is 0.459 bits per heavy atom. The fourth-order valence-corrected chi connectivity index (χ4v) is 5.00. The number of benzene rings is 5. The van der Waals surface area contributed by atoms with Crippen molar-refractivity contribution in [3.8, 4) is 45.3 Å². The van der Waals surface area contributed by atoms with E-state index in [0.717, 1.165) is 27.8 Å². The SMILES string of the molecule is Cc1ccc(C(c2ccc(O)c(-c3ccccc3O)c2)c2ccc(O)c(-c3ccccc3O)c2)c(C)c1. The van der Waals surface area contributed by atoms with E-state index in [1.165, 1.54) is 0 Å². The van der Waals surface area contributed by atoms with Crippen molar-refractivity contribution in [3.63, 3.8) is 0 Å². The molecule has 184 valence electrons. The highest BCUT2D eigenvalue weighted by atomic mass is 16.3. The zero-order valence-electron chi connectivity index (χ0n) is 20.7. The third-order valence-electron chi connectivity index (χ3n) is 6.83. The highest BCUT2D eigenvalue weighted by molar-refractivity contribution is 5.78. The van der Waals surface area contributed by atoms with Crippen LogP contribution in [0.5, 0.6) is 23.0 Å². The number of aryl methyl sites for hydroxylation is 2. The Balaban J connectivity index is 1.74. The van der Waals surface area contributed by atoms with Gasteiger partial charge in [0.15, 0.2) is 0 Å². The van der Waals surface area contributed by atoms with Crippen LogP contribution >= 0.6 is 0 Å². The molecule has 0 heterocycles. The number of rotatable bonds is 5. The Labute approximate surface area is 216 Å². The summed E-state index contributed by atoms with van der Waals surface area (Å²) in [6, 6.07) is 31.1.